The molecule has 0 aliphatic heterocycles. The number of benzene rings is 2. The summed E-state index contributed by atoms with van der Waals surface area (Å²) in [5, 5.41) is 5.36. The third-order valence-corrected chi connectivity index (χ3v) is 4.60. The highest BCUT2D eigenvalue weighted by Gasteiger charge is 2.09. The van der Waals surface area contributed by atoms with Crippen molar-refractivity contribution in [1.82, 2.24) is 9.78 Å². The van der Waals surface area contributed by atoms with Gasteiger partial charge in [-0.25, -0.2) is 4.68 Å². The van der Waals surface area contributed by atoms with Crippen molar-refractivity contribution >= 4 is 23.2 Å². The lowest BCUT2D eigenvalue weighted by Gasteiger charge is -2.11. The van der Waals surface area contributed by atoms with E-state index in [0.29, 0.717) is 27.2 Å². The van der Waals surface area contributed by atoms with Gasteiger partial charge in [0.15, 0.2) is 11.5 Å². The zero-order valence-electron chi connectivity index (χ0n) is 14.2. The topological polar surface area (TPSA) is 53.4 Å². The molecule has 0 aliphatic carbocycles. The van der Waals surface area contributed by atoms with E-state index in [9.17, 15) is 4.79 Å². The van der Waals surface area contributed by atoms with Crippen LogP contribution in [0.5, 0.6) is 11.5 Å². The summed E-state index contributed by atoms with van der Waals surface area (Å²) in [4.78, 5) is 12.2. The number of halogens is 2. The molecule has 3 aromatic rings. The van der Waals surface area contributed by atoms with Crippen LogP contribution < -0.4 is 15.0 Å². The van der Waals surface area contributed by atoms with E-state index in [4.69, 9.17) is 32.7 Å². The van der Waals surface area contributed by atoms with Crippen LogP contribution in [0, 0.1) is 0 Å². The van der Waals surface area contributed by atoms with Gasteiger partial charge in [0.1, 0.15) is 0 Å². The summed E-state index contributed by atoms with van der Waals surface area (Å²) in [7, 11) is 3.15. The lowest BCUT2D eigenvalue weighted by Crippen LogP contribution is -2.22. The lowest BCUT2D eigenvalue weighted by molar-refractivity contribution is 0.355. The first kappa shape index (κ1) is 18.3. The minimum Gasteiger partial charge on any atom is -0.493 e. The Morgan fingerprint density at radius 3 is 2.38 bits per heavy atom. The number of hydrogen-bond donors (Lipinski definition) is 0. The van der Waals surface area contributed by atoms with Crippen molar-refractivity contribution < 1.29 is 9.47 Å². The summed E-state index contributed by atoms with van der Waals surface area (Å²) in [6.07, 6.45) is 0. The van der Waals surface area contributed by atoms with Crippen LogP contribution in [0.1, 0.15) is 5.56 Å². The predicted octanol–water partition coefficient (Wildman–Crippen LogP) is 4.28. The van der Waals surface area contributed by atoms with Crippen LogP contribution in [0.2, 0.25) is 10.0 Å². The predicted molar refractivity (Wildman–Crippen MR) is 103 cm³/mol. The molecule has 0 fully saturated rings. The molecule has 0 bridgehead atoms. The monoisotopic (exact) mass is 390 g/mol. The standard InChI is InChI=1S/C19H16Cl2N2O3/c1-25-17-7-4-13(10-18(17)26-2)16-6-8-19(24)23(22-16)11-12-3-5-14(20)15(21)9-12/h3-10H,11H2,1-2H3. The average Bonchev–Trinajstić information content (AvgIpc) is 2.66. The first-order chi connectivity index (χ1) is 12.5. The Morgan fingerprint density at radius 2 is 1.69 bits per heavy atom. The van der Waals surface area contributed by atoms with Gasteiger partial charge >= 0.3 is 0 Å². The SMILES string of the molecule is COc1ccc(-c2ccc(=O)n(Cc3ccc(Cl)c(Cl)c3)n2)cc1OC. The number of hydrogen-bond acceptors (Lipinski definition) is 4. The van der Waals surface area contributed by atoms with Gasteiger partial charge in [0, 0.05) is 11.6 Å². The Kier molecular flexibility index (Phi) is 5.49. The van der Waals surface area contributed by atoms with Crippen molar-refractivity contribution in [3.63, 3.8) is 0 Å². The van der Waals surface area contributed by atoms with E-state index >= 15 is 0 Å². The Balaban J connectivity index is 1.97. The highest BCUT2D eigenvalue weighted by atomic mass is 35.5. The molecular weight excluding hydrogens is 375 g/mol. The molecule has 0 radical (unpaired) electrons. The Morgan fingerprint density at radius 1 is 0.923 bits per heavy atom. The third-order valence-electron chi connectivity index (χ3n) is 3.86. The normalized spacial score (nSPS) is 10.6. The smallest absolute Gasteiger partial charge is 0.267 e. The minimum atomic E-state index is -0.208. The summed E-state index contributed by atoms with van der Waals surface area (Å²) >= 11 is 12.0. The van der Waals surface area contributed by atoms with E-state index in [2.05, 4.69) is 5.10 Å². The van der Waals surface area contributed by atoms with Gasteiger partial charge in [-0.05, 0) is 42.0 Å². The first-order valence-corrected chi connectivity index (χ1v) is 8.52. The van der Waals surface area contributed by atoms with Gasteiger partial charge in [-0.3, -0.25) is 4.79 Å². The maximum absolute atomic E-state index is 12.2. The zero-order chi connectivity index (χ0) is 18.7. The Labute approximate surface area is 160 Å². The highest BCUT2D eigenvalue weighted by Crippen LogP contribution is 2.31. The van der Waals surface area contributed by atoms with Crippen LogP contribution in [0.15, 0.2) is 53.3 Å². The van der Waals surface area contributed by atoms with Crippen molar-refractivity contribution in [2.75, 3.05) is 14.2 Å². The van der Waals surface area contributed by atoms with Crippen LogP contribution >= 0.6 is 23.2 Å². The second-order valence-electron chi connectivity index (χ2n) is 5.53. The van der Waals surface area contributed by atoms with Crippen molar-refractivity contribution in [2.45, 2.75) is 6.54 Å². The molecule has 0 saturated heterocycles. The molecule has 0 saturated carbocycles. The van der Waals surface area contributed by atoms with E-state index < -0.39 is 0 Å². The van der Waals surface area contributed by atoms with E-state index in [1.807, 2.05) is 18.2 Å². The molecule has 0 amide bonds. The Bertz CT molecular complexity index is 1000. The molecule has 0 N–H and O–H groups in total. The van der Waals surface area contributed by atoms with Crippen molar-refractivity contribution in [1.29, 1.82) is 0 Å². The first-order valence-electron chi connectivity index (χ1n) is 7.76. The van der Waals surface area contributed by atoms with Crippen LogP contribution in [0.25, 0.3) is 11.3 Å². The van der Waals surface area contributed by atoms with Gasteiger partial charge in [0.25, 0.3) is 5.56 Å². The summed E-state index contributed by atoms with van der Waals surface area (Å²) in [6.45, 7) is 0.289. The molecule has 0 aliphatic rings. The Hall–Kier alpha value is -2.50. The fourth-order valence-electron chi connectivity index (χ4n) is 2.52. The molecule has 1 aromatic heterocycles. The summed E-state index contributed by atoms with van der Waals surface area (Å²) in [6, 6.07) is 13.9. The number of nitrogens with zero attached hydrogens (tertiary/aromatic N) is 2. The molecule has 0 spiro atoms. The molecule has 3 rings (SSSR count). The molecule has 7 heteroatoms. The van der Waals surface area contributed by atoms with Gasteiger partial charge in [-0.2, -0.15) is 5.10 Å². The van der Waals surface area contributed by atoms with Crippen LogP contribution in [-0.4, -0.2) is 24.0 Å². The maximum Gasteiger partial charge on any atom is 0.267 e. The summed E-state index contributed by atoms with van der Waals surface area (Å²) in [5.41, 5.74) is 2.08. The van der Waals surface area contributed by atoms with Gasteiger partial charge in [0.05, 0.1) is 36.5 Å². The van der Waals surface area contributed by atoms with E-state index in [1.54, 1.807) is 38.5 Å². The van der Waals surface area contributed by atoms with Gasteiger partial charge < -0.3 is 9.47 Å². The molecule has 26 heavy (non-hydrogen) atoms. The van der Waals surface area contributed by atoms with E-state index in [1.165, 1.54) is 10.7 Å². The van der Waals surface area contributed by atoms with Crippen LogP contribution in [0.3, 0.4) is 0 Å². The molecular formula is C19H16Cl2N2O3. The van der Waals surface area contributed by atoms with Crippen molar-refractivity contribution in [3.05, 3.63) is 74.5 Å². The minimum absolute atomic E-state index is 0.208. The molecule has 5 nitrogen and oxygen atoms in total. The molecule has 0 atom stereocenters. The summed E-state index contributed by atoms with van der Waals surface area (Å²) in [5.74, 6) is 1.22. The lowest BCUT2D eigenvalue weighted by atomic mass is 10.1. The van der Waals surface area contributed by atoms with Gasteiger partial charge in [0.2, 0.25) is 0 Å². The van der Waals surface area contributed by atoms with Crippen LogP contribution in [-0.2, 0) is 6.54 Å². The zero-order valence-corrected chi connectivity index (χ0v) is 15.7. The van der Waals surface area contributed by atoms with Gasteiger partial charge in [-0.15, -0.1) is 0 Å². The number of methoxy groups -OCH3 is 2. The van der Waals surface area contributed by atoms with Crippen LogP contribution in [0.4, 0.5) is 0 Å². The number of aromatic nitrogens is 2. The van der Waals surface area contributed by atoms with E-state index in [-0.39, 0.29) is 12.1 Å². The third kappa shape index (κ3) is 3.84. The maximum atomic E-state index is 12.2. The van der Waals surface area contributed by atoms with Crippen molar-refractivity contribution in [3.8, 4) is 22.8 Å². The molecule has 134 valence electrons. The molecule has 0 unspecified atom stereocenters. The second-order valence-corrected chi connectivity index (χ2v) is 6.35. The molecule has 1 heterocycles. The largest absolute Gasteiger partial charge is 0.493 e. The fourth-order valence-corrected chi connectivity index (χ4v) is 2.84. The summed E-state index contributed by atoms with van der Waals surface area (Å²) < 4.78 is 12.0. The number of rotatable bonds is 5. The number of ether oxygens (including phenoxy) is 2. The van der Waals surface area contributed by atoms with Crippen molar-refractivity contribution in [2.24, 2.45) is 0 Å². The van der Waals surface area contributed by atoms with E-state index in [0.717, 1.165) is 11.1 Å². The quantitative estimate of drug-likeness (QED) is 0.652. The second kappa shape index (κ2) is 7.81. The average molecular weight is 391 g/mol. The fraction of sp³-hybridized carbons (Fsp3) is 0.158. The highest BCUT2D eigenvalue weighted by molar-refractivity contribution is 6.42. The van der Waals surface area contributed by atoms with Gasteiger partial charge in [-0.1, -0.05) is 29.3 Å². The molecule has 2 aromatic carbocycles.